The van der Waals surface area contributed by atoms with Crippen molar-refractivity contribution in [1.29, 1.82) is 0 Å². The van der Waals surface area contributed by atoms with Crippen molar-refractivity contribution in [2.24, 2.45) is 0 Å². The summed E-state index contributed by atoms with van der Waals surface area (Å²) in [5, 5.41) is 5.20. The smallest absolute Gasteiger partial charge is 0.118 e. The van der Waals surface area contributed by atoms with E-state index >= 15 is 0 Å². The lowest BCUT2D eigenvalue weighted by Crippen LogP contribution is -2.30. The molecule has 0 radical (unpaired) electrons. The number of rotatable bonds is 8. The molecule has 0 bridgehead atoms. The second-order valence-corrected chi connectivity index (χ2v) is 7.64. The molecule has 1 fully saturated rings. The molecule has 1 aromatic rings. The molecule has 1 aromatic carbocycles. The lowest BCUT2D eigenvalue weighted by molar-refractivity contribution is 0.414. The van der Waals surface area contributed by atoms with Gasteiger partial charge in [0.1, 0.15) is 5.75 Å². The van der Waals surface area contributed by atoms with Gasteiger partial charge in [-0.3, -0.25) is 0 Å². The summed E-state index contributed by atoms with van der Waals surface area (Å²) in [7, 11) is 1.72. The van der Waals surface area contributed by atoms with E-state index in [0.29, 0.717) is 11.3 Å². The molecule has 2 atom stereocenters. The predicted octanol–water partition coefficient (Wildman–Crippen LogP) is 4.80. The maximum absolute atomic E-state index is 5.27. The topological polar surface area (TPSA) is 21.3 Å². The third-order valence-corrected chi connectivity index (χ3v) is 5.83. The van der Waals surface area contributed by atoms with Gasteiger partial charge in [-0.25, -0.2) is 0 Å². The van der Waals surface area contributed by atoms with Crippen LogP contribution in [0.2, 0.25) is 0 Å². The van der Waals surface area contributed by atoms with Crippen molar-refractivity contribution >= 4 is 11.8 Å². The lowest BCUT2D eigenvalue weighted by Gasteiger charge is -2.27. The summed E-state index contributed by atoms with van der Waals surface area (Å²) in [5.41, 5.74) is 1.38. The highest BCUT2D eigenvalue weighted by Crippen LogP contribution is 2.37. The number of ether oxygens (including phenoxy) is 1. The monoisotopic (exact) mass is 307 g/mol. The van der Waals surface area contributed by atoms with Gasteiger partial charge in [0, 0.05) is 16.5 Å². The Hall–Kier alpha value is -0.670. The first-order valence-electron chi connectivity index (χ1n) is 8.27. The number of hydrogen-bond acceptors (Lipinski definition) is 3. The molecule has 118 valence electrons. The van der Waals surface area contributed by atoms with Gasteiger partial charge >= 0.3 is 0 Å². The first kappa shape index (κ1) is 16.7. The van der Waals surface area contributed by atoms with Crippen molar-refractivity contribution in [3.63, 3.8) is 0 Å². The van der Waals surface area contributed by atoms with Crippen LogP contribution in [-0.4, -0.2) is 24.2 Å². The summed E-state index contributed by atoms with van der Waals surface area (Å²) in [4.78, 5) is 0. The second-order valence-electron chi connectivity index (χ2n) is 5.95. The molecule has 1 aliphatic rings. The Bertz CT molecular complexity index is 400. The van der Waals surface area contributed by atoms with Crippen LogP contribution in [0.25, 0.3) is 0 Å². The van der Waals surface area contributed by atoms with Crippen molar-refractivity contribution < 1.29 is 4.74 Å². The SMILES string of the molecule is CCCNC(c1ccc(OC)cc1)C(C)SC1CCCC1. The van der Waals surface area contributed by atoms with Crippen LogP contribution >= 0.6 is 11.8 Å². The van der Waals surface area contributed by atoms with E-state index in [1.54, 1.807) is 7.11 Å². The van der Waals surface area contributed by atoms with Crippen molar-refractivity contribution in [2.75, 3.05) is 13.7 Å². The third kappa shape index (κ3) is 4.93. The first-order valence-corrected chi connectivity index (χ1v) is 9.21. The maximum Gasteiger partial charge on any atom is 0.118 e. The summed E-state index contributed by atoms with van der Waals surface area (Å²) >= 11 is 2.18. The van der Waals surface area contributed by atoms with Crippen LogP contribution in [-0.2, 0) is 0 Å². The highest BCUT2D eigenvalue weighted by atomic mass is 32.2. The molecular formula is C18H29NOS. The molecule has 1 saturated carbocycles. The summed E-state index contributed by atoms with van der Waals surface area (Å²) in [5.74, 6) is 0.934. The van der Waals surface area contributed by atoms with Gasteiger partial charge in [0.25, 0.3) is 0 Å². The number of nitrogens with one attached hydrogen (secondary N) is 1. The van der Waals surface area contributed by atoms with E-state index in [9.17, 15) is 0 Å². The largest absolute Gasteiger partial charge is 0.497 e. The molecule has 3 heteroatoms. The van der Waals surface area contributed by atoms with Crippen molar-refractivity contribution in [1.82, 2.24) is 5.32 Å². The van der Waals surface area contributed by atoms with E-state index in [1.807, 2.05) is 0 Å². The molecule has 0 amide bonds. The lowest BCUT2D eigenvalue weighted by atomic mass is 10.0. The molecule has 21 heavy (non-hydrogen) atoms. The highest BCUT2D eigenvalue weighted by molar-refractivity contribution is 8.00. The Labute approximate surface area is 134 Å². The van der Waals surface area contributed by atoms with E-state index in [2.05, 4.69) is 55.2 Å². The van der Waals surface area contributed by atoms with Gasteiger partial charge in [-0.2, -0.15) is 11.8 Å². The average molecular weight is 308 g/mol. The van der Waals surface area contributed by atoms with Gasteiger partial charge in [0.2, 0.25) is 0 Å². The molecule has 0 aliphatic heterocycles. The summed E-state index contributed by atoms with van der Waals surface area (Å²) < 4.78 is 5.27. The fourth-order valence-corrected chi connectivity index (χ4v) is 4.70. The number of methoxy groups -OCH3 is 1. The van der Waals surface area contributed by atoms with Gasteiger partial charge in [-0.1, -0.05) is 38.8 Å². The van der Waals surface area contributed by atoms with E-state index in [1.165, 1.54) is 37.7 Å². The van der Waals surface area contributed by atoms with Crippen LogP contribution in [0.15, 0.2) is 24.3 Å². The Morgan fingerprint density at radius 1 is 1.24 bits per heavy atom. The quantitative estimate of drug-likeness (QED) is 0.745. The van der Waals surface area contributed by atoms with Gasteiger partial charge < -0.3 is 10.1 Å². The van der Waals surface area contributed by atoms with E-state index in [-0.39, 0.29) is 0 Å². The molecule has 0 saturated heterocycles. The van der Waals surface area contributed by atoms with E-state index in [0.717, 1.165) is 17.5 Å². The molecule has 0 spiro atoms. The minimum atomic E-state index is 0.432. The molecule has 2 rings (SSSR count). The zero-order valence-electron chi connectivity index (χ0n) is 13.6. The summed E-state index contributed by atoms with van der Waals surface area (Å²) in [6, 6.07) is 8.99. The number of benzene rings is 1. The number of hydrogen-bond donors (Lipinski definition) is 1. The van der Waals surface area contributed by atoms with Gasteiger partial charge in [0.05, 0.1) is 7.11 Å². The van der Waals surface area contributed by atoms with E-state index in [4.69, 9.17) is 4.74 Å². The maximum atomic E-state index is 5.27. The summed E-state index contributed by atoms with van der Waals surface area (Å²) in [6.45, 7) is 5.68. The van der Waals surface area contributed by atoms with Crippen LogP contribution in [0.5, 0.6) is 5.75 Å². The van der Waals surface area contributed by atoms with Crippen molar-refractivity contribution in [3.05, 3.63) is 29.8 Å². The van der Waals surface area contributed by atoms with Crippen LogP contribution < -0.4 is 10.1 Å². The van der Waals surface area contributed by atoms with Crippen LogP contribution in [0, 0.1) is 0 Å². The fourth-order valence-electron chi connectivity index (χ4n) is 3.07. The number of thioether (sulfide) groups is 1. The molecular weight excluding hydrogens is 278 g/mol. The van der Waals surface area contributed by atoms with Crippen LogP contribution in [0.1, 0.15) is 57.6 Å². The Balaban J connectivity index is 2.03. The zero-order valence-corrected chi connectivity index (χ0v) is 14.4. The normalized spacial score (nSPS) is 18.6. The van der Waals surface area contributed by atoms with E-state index < -0.39 is 0 Å². The van der Waals surface area contributed by atoms with Gasteiger partial charge in [-0.05, 0) is 43.5 Å². The Kier molecular flexibility index (Phi) is 6.91. The Morgan fingerprint density at radius 3 is 2.48 bits per heavy atom. The average Bonchev–Trinajstić information content (AvgIpc) is 3.01. The fraction of sp³-hybridized carbons (Fsp3) is 0.667. The minimum Gasteiger partial charge on any atom is -0.497 e. The third-order valence-electron chi connectivity index (χ3n) is 4.27. The van der Waals surface area contributed by atoms with Crippen molar-refractivity contribution in [2.45, 2.75) is 62.5 Å². The predicted molar refractivity (Wildman–Crippen MR) is 93.3 cm³/mol. The van der Waals surface area contributed by atoms with Gasteiger partial charge in [0.15, 0.2) is 0 Å². The second kappa shape index (κ2) is 8.70. The Morgan fingerprint density at radius 2 is 1.90 bits per heavy atom. The summed E-state index contributed by atoms with van der Waals surface area (Å²) in [6.07, 6.45) is 6.81. The molecule has 0 heterocycles. The first-order chi connectivity index (χ1) is 10.2. The zero-order chi connectivity index (χ0) is 15.1. The van der Waals surface area contributed by atoms with Gasteiger partial charge in [-0.15, -0.1) is 0 Å². The molecule has 2 unspecified atom stereocenters. The van der Waals surface area contributed by atoms with Crippen LogP contribution in [0.3, 0.4) is 0 Å². The molecule has 0 aromatic heterocycles. The standard InChI is InChI=1S/C18H29NOS/c1-4-13-19-18(14(2)21-17-7-5-6-8-17)15-9-11-16(20-3)12-10-15/h9-12,14,17-19H,4-8,13H2,1-3H3. The van der Waals surface area contributed by atoms with Crippen LogP contribution in [0.4, 0.5) is 0 Å². The minimum absolute atomic E-state index is 0.432. The van der Waals surface area contributed by atoms with Crippen molar-refractivity contribution in [3.8, 4) is 5.75 Å². The molecule has 1 N–H and O–H groups in total. The molecule has 2 nitrogen and oxygen atoms in total. The molecule has 1 aliphatic carbocycles. The highest BCUT2D eigenvalue weighted by Gasteiger charge is 2.24.